The van der Waals surface area contributed by atoms with Gasteiger partial charge in [0, 0.05) is 5.56 Å². The van der Waals surface area contributed by atoms with Crippen LogP contribution in [0.15, 0.2) is 0 Å². The molecule has 0 spiro atoms. The summed E-state index contributed by atoms with van der Waals surface area (Å²) in [5.74, 6) is 0.796. The number of aromatic nitrogens is 2. The third-order valence-electron chi connectivity index (χ3n) is 2.66. The molecule has 0 aromatic carbocycles. The highest BCUT2D eigenvalue weighted by molar-refractivity contribution is 6.31. The van der Waals surface area contributed by atoms with Crippen LogP contribution in [0.2, 0.25) is 5.15 Å². The number of halogens is 2. The number of nitrogens with zero attached hydrogens (tertiary/aromatic N) is 2. The zero-order chi connectivity index (χ0) is 11.6. The van der Waals surface area contributed by atoms with Gasteiger partial charge in [-0.15, -0.1) is 11.6 Å². The molecule has 0 saturated carbocycles. The van der Waals surface area contributed by atoms with Crippen molar-refractivity contribution >= 4 is 23.2 Å². The molecular weight excluding hydrogens is 231 g/mol. The van der Waals surface area contributed by atoms with E-state index in [9.17, 15) is 0 Å². The van der Waals surface area contributed by atoms with E-state index in [1.54, 1.807) is 0 Å². The van der Waals surface area contributed by atoms with Crippen LogP contribution in [0, 0.1) is 0 Å². The van der Waals surface area contributed by atoms with Gasteiger partial charge >= 0.3 is 0 Å². The van der Waals surface area contributed by atoms with Crippen LogP contribution in [0.25, 0.3) is 0 Å². The normalized spacial score (nSPS) is 13.5. The molecule has 1 aromatic rings. The number of hydrogen-bond donors (Lipinski definition) is 0. The van der Waals surface area contributed by atoms with Gasteiger partial charge in [0.2, 0.25) is 0 Å². The van der Waals surface area contributed by atoms with Gasteiger partial charge in [-0.05, 0) is 19.3 Å². The maximum absolute atomic E-state index is 6.26. The maximum atomic E-state index is 6.26. The molecule has 0 aliphatic carbocycles. The summed E-state index contributed by atoms with van der Waals surface area (Å²) < 4.78 is 1.88. The van der Waals surface area contributed by atoms with E-state index in [1.807, 2.05) is 4.68 Å². The summed E-state index contributed by atoms with van der Waals surface area (Å²) in [7, 11) is 0. The Morgan fingerprint density at radius 2 is 1.93 bits per heavy atom. The summed E-state index contributed by atoms with van der Waals surface area (Å²) in [6.07, 6.45) is 1.01. The lowest BCUT2D eigenvalue weighted by atomic mass is 10.1. The molecule has 1 aromatic heterocycles. The summed E-state index contributed by atoms with van der Waals surface area (Å²) >= 11 is 12.2. The van der Waals surface area contributed by atoms with Crippen molar-refractivity contribution in [2.45, 2.75) is 52.0 Å². The Balaban J connectivity index is 3.20. The lowest BCUT2D eigenvalue weighted by molar-refractivity contribution is 0.472. The maximum Gasteiger partial charge on any atom is 0.132 e. The van der Waals surface area contributed by atoms with Crippen molar-refractivity contribution in [3.63, 3.8) is 0 Å². The summed E-state index contributed by atoms with van der Waals surface area (Å²) in [4.78, 5) is 0. The van der Waals surface area contributed by atoms with Crippen molar-refractivity contribution in [2.75, 3.05) is 0 Å². The smallest absolute Gasteiger partial charge is 0.132 e. The largest absolute Gasteiger partial charge is 0.251 e. The molecule has 86 valence electrons. The fourth-order valence-electron chi connectivity index (χ4n) is 1.52. The van der Waals surface area contributed by atoms with Crippen molar-refractivity contribution in [3.8, 4) is 0 Å². The molecule has 4 heteroatoms. The van der Waals surface area contributed by atoms with E-state index in [-0.39, 0.29) is 0 Å². The molecule has 0 radical (unpaired) electrons. The van der Waals surface area contributed by atoms with Gasteiger partial charge in [-0.2, -0.15) is 5.10 Å². The fourth-order valence-corrected chi connectivity index (χ4v) is 2.22. The first kappa shape index (κ1) is 12.9. The average molecular weight is 249 g/mol. The van der Waals surface area contributed by atoms with E-state index in [1.165, 1.54) is 0 Å². The second-order valence-corrected chi connectivity index (χ2v) is 4.77. The van der Waals surface area contributed by atoms with Crippen molar-refractivity contribution in [3.05, 3.63) is 16.4 Å². The summed E-state index contributed by atoms with van der Waals surface area (Å²) in [6.45, 7) is 8.45. The molecule has 0 amide bonds. The second-order valence-electron chi connectivity index (χ2n) is 4.14. The van der Waals surface area contributed by atoms with Gasteiger partial charge in [0.1, 0.15) is 5.15 Å². The van der Waals surface area contributed by atoms with E-state index >= 15 is 0 Å². The van der Waals surface area contributed by atoms with Gasteiger partial charge in [0.25, 0.3) is 0 Å². The molecule has 1 rings (SSSR count). The number of hydrogen-bond acceptors (Lipinski definition) is 1. The molecule has 1 heterocycles. The lowest BCUT2D eigenvalue weighted by Crippen LogP contribution is -2.06. The Hall–Kier alpha value is -0.210. The highest BCUT2D eigenvalue weighted by Gasteiger charge is 2.19. The van der Waals surface area contributed by atoms with Crippen LogP contribution in [0.3, 0.4) is 0 Å². The van der Waals surface area contributed by atoms with Crippen LogP contribution in [0.5, 0.6) is 0 Å². The van der Waals surface area contributed by atoms with Crippen LogP contribution in [0.4, 0.5) is 0 Å². The monoisotopic (exact) mass is 248 g/mol. The zero-order valence-corrected chi connectivity index (χ0v) is 11.2. The van der Waals surface area contributed by atoms with Gasteiger partial charge in [-0.3, -0.25) is 4.68 Å². The SMILES string of the molecule is CCC(C)n1nc(C(C)C)c(CCl)c1Cl. The first-order valence-corrected chi connectivity index (χ1v) is 6.26. The van der Waals surface area contributed by atoms with Crippen molar-refractivity contribution in [1.29, 1.82) is 0 Å². The minimum Gasteiger partial charge on any atom is -0.251 e. The van der Waals surface area contributed by atoms with E-state index in [4.69, 9.17) is 23.2 Å². The standard InChI is InChI=1S/C11H18Cl2N2/c1-5-8(4)15-11(13)9(6-12)10(14-15)7(2)3/h7-8H,5-6H2,1-4H3. The molecule has 1 unspecified atom stereocenters. The minimum absolute atomic E-state index is 0.326. The topological polar surface area (TPSA) is 17.8 Å². The van der Waals surface area contributed by atoms with Crippen LogP contribution in [0.1, 0.15) is 57.3 Å². The van der Waals surface area contributed by atoms with Gasteiger partial charge in [-0.25, -0.2) is 0 Å². The molecule has 0 aliphatic heterocycles. The predicted octanol–water partition coefficient (Wildman–Crippen LogP) is 4.37. The molecule has 0 aliphatic rings. The molecular formula is C11H18Cl2N2. The second kappa shape index (κ2) is 5.22. The zero-order valence-electron chi connectivity index (χ0n) is 9.72. The number of rotatable bonds is 4. The van der Waals surface area contributed by atoms with Crippen molar-refractivity contribution in [1.82, 2.24) is 9.78 Å². The van der Waals surface area contributed by atoms with E-state index < -0.39 is 0 Å². The van der Waals surface area contributed by atoms with Crippen molar-refractivity contribution < 1.29 is 0 Å². The first-order valence-electron chi connectivity index (χ1n) is 5.35. The molecule has 0 fully saturated rings. The fraction of sp³-hybridized carbons (Fsp3) is 0.727. The highest BCUT2D eigenvalue weighted by Crippen LogP contribution is 2.30. The van der Waals surface area contributed by atoms with Crippen LogP contribution in [-0.4, -0.2) is 9.78 Å². The van der Waals surface area contributed by atoms with Crippen LogP contribution >= 0.6 is 23.2 Å². The molecule has 0 N–H and O–H groups in total. The summed E-state index contributed by atoms with van der Waals surface area (Å²) in [6, 6.07) is 0.326. The van der Waals surface area contributed by atoms with Gasteiger partial charge in [0.15, 0.2) is 0 Å². The summed E-state index contributed by atoms with van der Waals surface area (Å²) in [5, 5.41) is 5.25. The Morgan fingerprint density at radius 3 is 2.27 bits per heavy atom. The summed E-state index contributed by atoms with van der Waals surface area (Å²) in [5.41, 5.74) is 2.00. The van der Waals surface area contributed by atoms with Gasteiger partial charge in [-0.1, -0.05) is 32.4 Å². The minimum atomic E-state index is 0.326. The Bertz CT molecular complexity index is 332. The Labute approximate surface area is 102 Å². The number of alkyl halides is 1. The first-order chi connectivity index (χ1) is 7.02. The van der Waals surface area contributed by atoms with Crippen LogP contribution < -0.4 is 0 Å². The molecule has 0 bridgehead atoms. The third kappa shape index (κ3) is 2.48. The molecule has 15 heavy (non-hydrogen) atoms. The highest BCUT2D eigenvalue weighted by atomic mass is 35.5. The average Bonchev–Trinajstić information content (AvgIpc) is 2.54. The van der Waals surface area contributed by atoms with E-state index in [0.29, 0.717) is 23.0 Å². The molecule has 0 saturated heterocycles. The molecule has 2 nitrogen and oxygen atoms in total. The van der Waals surface area contributed by atoms with Crippen LogP contribution in [-0.2, 0) is 5.88 Å². The van der Waals surface area contributed by atoms with Gasteiger partial charge in [0.05, 0.1) is 17.6 Å². The van der Waals surface area contributed by atoms with E-state index in [0.717, 1.165) is 17.7 Å². The predicted molar refractivity (Wildman–Crippen MR) is 65.9 cm³/mol. The van der Waals surface area contributed by atoms with Gasteiger partial charge < -0.3 is 0 Å². The lowest BCUT2D eigenvalue weighted by Gasteiger charge is -2.10. The Kier molecular flexibility index (Phi) is 4.47. The van der Waals surface area contributed by atoms with E-state index in [2.05, 4.69) is 32.8 Å². The van der Waals surface area contributed by atoms with Crippen molar-refractivity contribution in [2.24, 2.45) is 0 Å². The molecule has 1 atom stereocenters. The third-order valence-corrected chi connectivity index (χ3v) is 3.33. The quantitative estimate of drug-likeness (QED) is 0.724. The Morgan fingerprint density at radius 1 is 1.33 bits per heavy atom.